The van der Waals surface area contributed by atoms with Crippen molar-refractivity contribution in [2.24, 2.45) is 17.8 Å². The Morgan fingerprint density at radius 1 is 1.00 bits per heavy atom. The van der Waals surface area contributed by atoms with E-state index in [9.17, 15) is 0 Å². The molecule has 0 aromatic heterocycles. The molecule has 0 bridgehead atoms. The lowest BCUT2D eigenvalue weighted by Crippen LogP contribution is -2.33. The maximum atomic E-state index is 5.59. The molecule has 4 aliphatic rings. The highest BCUT2D eigenvalue weighted by Gasteiger charge is 2.35. The second-order valence-corrected chi connectivity index (χ2v) is 7.60. The highest BCUT2D eigenvalue weighted by Crippen LogP contribution is 2.43. The molecule has 0 amide bonds. The molecule has 2 fully saturated rings. The molecule has 2 nitrogen and oxygen atoms in total. The summed E-state index contributed by atoms with van der Waals surface area (Å²) in [6, 6.07) is 0.747. The first-order valence-corrected chi connectivity index (χ1v) is 9.05. The topological polar surface area (TPSA) is 21.3 Å². The van der Waals surface area contributed by atoms with Crippen LogP contribution in [0, 0.1) is 17.8 Å². The fourth-order valence-electron chi connectivity index (χ4n) is 5.12. The molecular weight excluding hydrogens is 258 g/mol. The molecule has 0 aromatic rings. The van der Waals surface area contributed by atoms with Crippen LogP contribution in [0.1, 0.15) is 57.8 Å². The Morgan fingerprint density at radius 3 is 2.76 bits per heavy atom. The van der Waals surface area contributed by atoms with Gasteiger partial charge >= 0.3 is 0 Å². The Labute approximate surface area is 129 Å². The molecule has 0 radical (unpaired) electrons. The number of hydrogen-bond acceptors (Lipinski definition) is 2. The summed E-state index contributed by atoms with van der Waals surface area (Å²) >= 11 is 0. The first kappa shape index (κ1) is 13.9. The van der Waals surface area contributed by atoms with E-state index in [-0.39, 0.29) is 0 Å². The number of fused-ring (bicyclic) bond motifs is 2. The minimum absolute atomic E-state index is 0.521. The van der Waals surface area contributed by atoms with Crippen molar-refractivity contribution in [1.29, 1.82) is 0 Å². The normalized spacial score (nSPS) is 42.4. The van der Waals surface area contributed by atoms with E-state index in [0.717, 1.165) is 23.8 Å². The number of hydrogen-bond donors (Lipinski definition) is 1. The molecular formula is C19H29NO. The molecule has 2 heteroatoms. The summed E-state index contributed by atoms with van der Waals surface area (Å²) in [7, 11) is 1.88. The Bertz CT molecular complexity index is 452. The lowest BCUT2D eigenvalue weighted by atomic mass is 9.71. The summed E-state index contributed by atoms with van der Waals surface area (Å²) in [5.74, 6) is 2.50. The summed E-state index contributed by atoms with van der Waals surface area (Å²) in [4.78, 5) is 0. The van der Waals surface area contributed by atoms with Gasteiger partial charge in [-0.2, -0.15) is 0 Å². The van der Waals surface area contributed by atoms with Gasteiger partial charge in [-0.3, -0.25) is 0 Å². The number of methoxy groups -OCH3 is 1. The first-order chi connectivity index (χ1) is 10.3. The molecule has 5 atom stereocenters. The predicted molar refractivity (Wildman–Crippen MR) is 85.9 cm³/mol. The second-order valence-electron chi connectivity index (χ2n) is 7.60. The van der Waals surface area contributed by atoms with Crippen LogP contribution < -0.4 is 5.32 Å². The third-order valence-corrected chi connectivity index (χ3v) is 6.41. The maximum Gasteiger partial charge on any atom is 0.0574 e. The van der Waals surface area contributed by atoms with Gasteiger partial charge in [-0.25, -0.2) is 0 Å². The third kappa shape index (κ3) is 2.67. The molecule has 21 heavy (non-hydrogen) atoms. The van der Waals surface area contributed by atoms with Crippen LogP contribution in [0.3, 0.4) is 0 Å². The van der Waals surface area contributed by atoms with Gasteiger partial charge in [0.05, 0.1) is 6.10 Å². The number of nitrogens with one attached hydrogen (secondary N) is 1. The molecule has 1 aliphatic heterocycles. The third-order valence-electron chi connectivity index (χ3n) is 6.41. The molecule has 0 aromatic carbocycles. The zero-order valence-corrected chi connectivity index (χ0v) is 13.3. The van der Waals surface area contributed by atoms with Crippen LogP contribution in [0.15, 0.2) is 23.4 Å². The fraction of sp³-hybridized carbons (Fsp3) is 0.789. The average molecular weight is 287 g/mol. The zero-order valence-electron chi connectivity index (χ0n) is 13.3. The van der Waals surface area contributed by atoms with E-state index < -0.39 is 0 Å². The number of rotatable bonds is 2. The average Bonchev–Trinajstić information content (AvgIpc) is 2.98. The van der Waals surface area contributed by atoms with Gasteiger partial charge in [-0.15, -0.1) is 0 Å². The van der Waals surface area contributed by atoms with Crippen molar-refractivity contribution >= 4 is 0 Å². The monoisotopic (exact) mass is 287 g/mol. The van der Waals surface area contributed by atoms with E-state index in [1.807, 2.05) is 7.11 Å². The van der Waals surface area contributed by atoms with Crippen molar-refractivity contribution in [1.82, 2.24) is 5.32 Å². The van der Waals surface area contributed by atoms with Crippen LogP contribution in [0.25, 0.3) is 0 Å². The standard InChI is InChI=1S/C19H29NO/c1-21-17-9-8-13-10-16(7-6-14(13)11-17)19-12-15-4-2-3-5-18(15)20-19/h10,12-15,17-18,20H,2-9,11H2,1H3. The molecule has 3 aliphatic carbocycles. The van der Waals surface area contributed by atoms with Gasteiger partial charge in [0.25, 0.3) is 0 Å². The van der Waals surface area contributed by atoms with Gasteiger partial charge in [0.1, 0.15) is 0 Å². The molecule has 4 rings (SSSR count). The zero-order chi connectivity index (χ0) is 14.2. The lowest BCUT2D eigenvalue weighted by Gasteiger charge is -2.38. The van der Waals surface area contributed by atoms with Gasteiger partial charge in [-0.1, -0.05) is 25.0 Å². The maximum absolute atomic E-state index is 5.59. The van der Waals surface area contributed by atoms with Gasteiger partial charge < -0.3 is 10.1 Å². The van der Waals surface area contributed by atoms with Gasteiger partial charge in [-0.05, 0) is 68.3 Å². The SMILES string of the molecule is COC1CCC2C=C(C3=CC4CCCCC4N3)CCC2C1. The van der Waals surface area contributed by atoms with Crippen LogP contribution in [-0.2, 0) is 4.74 Å². The summed E-state index contributed by atoms with van der Waals surface area (Å²) in [5, 5.41) is 3.85. The highest BCUT2D eigenvalue weighted by atomic mass is 16.5. The van der Waals surface area contributed by atoms with Gasteiger partial charge in [0, 0.05) is 18.8 Å². The number of allylic oxidation sites excluding steroid dienone is 2. The molecule has 0 saturated heterocycles. The van der Waals surface area contributed by atoms with E-state index in [4.69, 9.17) is 4.74 Å². The van der Waals surface area contributed by atoms with E-state index >= 15 is 0 Å². The van der Waals surface area contributed by atoms with Gasteiger partial charge in [0.2, 0.25) is 0 Å². The minimum atomic E-state index is 0.521. The lowest BCUT2D eigenvalue weighted by molar-refractivity contribution is 0.0335. The van der Waals surface area contributed by atoms with Crippen molar-refractivity contribution in [3.8, 4) is 0 Å². The number of ether oxygens (including phenoxy) is 1. The molecule has 0 spiro atoms. The highest BCUT2D eigenvalue weighted by molar-refractivity contribution is 5.36. The van der Waals surface area contributed by atoms with Crippen molar-refractivity contribution < 1.29 is 4.74 Å². The first-order valence-electron chi connectivity index (χ1n) is 9.05. The predicted octanol–water partition coefficient (Wildman–Crippen LogP) is 4.18. The van der Waals surface area contributed by atoms with Crippen molar-refractivity contribution in [2.75, 3.05) is 7.11 Å². The minimum Gasteiger partial charge on any atom is -0.382 e. The van der Waals surface area contributed by atoms with E-state index in [2.05, 4.69) is 17.5 Å². The molecule has 2 saturated carbocycles. The summed E-state index contributed by atoms with van der Waals surface area (Å²) in [6.07, 6.45) is 17.8. The molecule has 116 valence electrons. The van der Waals surface area contributed by atoms with E-state index in [0.29, 0.717) is 6.10 Å². The van der Waals surface area contributed by atoms with Crippen molar-refractivity contribution in [3.63, 3.8) is 0 Å². The van der Waals surface area contributed by atoms with E-state index in [1.165, 1.54) is 63.5 Å². The van der Waals surface area contributed by atoms with Crippen LogP contribution >= 0.6 is 0 Å². The van der Waals surface area contributed by atoms with Crippen molar-refractivity contribution in [3.05, 3.63) is 23.4 Å². The van der Waals surface area contributed by atoms with Gasteiger partial charge in [0.15, 0.2) is 0 Å². The Hall–Kier alpha value is -0.760. The molecule has 1 heterocycles. The van der Waals surface area contributed by atoms with Crippen LogP contribution in [-0.4, -0.2) is 19.3 Å². The largest absolute Gasteiger partial charge is 0.382 e. The van der Waals surface area contributed by atoms with Crippen LogP contribution in [0.5, 0.6) is 0 Å². The van der Waals surface area contributed by atoms with Crippen molar-refractivity contribution in [2.45, 2.75) is 69.9 Å². The summed E-state index contributed by atoms with van der Waals surface area (Å²) < 4.78 is 5.59. The summed E-state index contributed by atoms with van der Waals surface area (Å²) in [6.45, 7) is 0. The Kier molecular flexibility index (Phi) is 3.83. The van der Waals surface area contributed by atoms with Crippen LogP contribution in [0.2, 0.25) is 0 Å². The second kappa shape index (κ2) is 5.79. The quantitative estimate of drug-likeness (QED) is 0.822. The molecule has 1 N–H and O–H groups in total. The Morgan fingerprint density at radius 2 is 1.90 bits per heavy atom. The Balaban J connectivity index is 1.46. The summed E-state index contributed by atoms with van der Waals surface area (Å²) in [5.41, 5.74) is 3.13. The smallest absolute Gasteiger partial charge is 0.0574 e. The van der Waals surface area contributed by atoms with E-state index in [1.54, 1.807) is 5.57 Å². The van der Waals surface area contributed by atoms with Crippen LogP contribution in [0.4, 0.5) is 0 Å². The fourth-order valence-corrected chi connectivity index (χ4v) is 5.12. The molecule has 5 unspecified atom stereocenters.